The van der Waals surface area contributed by atoms with Crippen molar-refractivity contribution in [3.8, 4) is 35.2 Å². The molecule has 0 saturated heterocycles. The number of rotatable bonds is 16. The molecule has 0 fully saturated rings. The van der Waals surface area contributed by atoms with Crippen LogP contribution >= 0.6 is 0 Å². The van der Waals surface area contributed by atoms with Gasteiger partial charge in [0.2, 0.25) is 0 Å². The second-order valence-corrected chi connectivity index (χ2v) is 10.7. The monoisotopic (exact) mass is 498 g/mol. The Bertz CT molecular complexity index is 792. The van der Waals surface area contributed by atoms with Crippen LogP contribution in [0.5, 0.6) is 11.5 Å². The first-order chi connectivity index (χ1) is 17.1. The molecule has 1 aromatic carbocycles. The molecule has 202 valence electrons. The molecule has 0 aliphatic heterocycles. The van der Waals surface area contributed by atoms with Crippen LogP contribution in [0.4, 0.5) is 0 Å². The number of hydrogen-bond donors (Lipinski definition) is 2. The Hall–Kier alpha value is -2.14. The fourth-order valence-corrected chi connectivity index (χ4v) is 3.56. The molecule has 0 unspecified atom stereocenters. The molecule has 36 heavy (non-hydrogen) atoms. The van der Waals surface area contributed by atoms with Crippen molar-refractivity contribution in [3.05, 3.63) is 23.3 Å². The summed E-state index contributed by atoms with van der Waals surface area (Å²) in [6, 6.07) is 3.72. The van der Waals surface area contributed by atoms with Crippen LogP contribution in [0.15, 0.2) is 12.1 Å². The summed E-state index contributed by atoms with van der Waals surface area (Å²) in [5.74, 6) is 13.2. The molecule has 0 heterocycles. The van der Waals surface area contributed by atoms with Crippen LogP contribution in [0.1, 0.15) is 130 Å². The van der Waals surface area contributed by atoms with E-state index < -0.39 is 11.2 Å². The van der Waals surface area contributed by atoms with Crippen molar-refractivity contribution in [3.63, 3.8) is 0 Å². The lowest BCUT2D eigenvalue weighted by Crippen LogP contribution is -2.15. The summed E-state index contributed by atoms with van der Waals surface area (Å²) in [5.41, 5.74) is -0.880. The molecule has 1 rings (SSSR count). The third-order valence-corrected chi connectivity index (χ3v) is 5.60. The van der Waals surface area contributed by atoms with Gasteiger partial charge in [-0.2, -0.15) is 0 Å². The average Bonchev–Trinajstić information content (AvgIpc) is 2.80. The van der Waals surface area contributed by atoms with Gasteiger partial charge >= 0.3 is 0 Å². The normalized spacial score (nSPS) is 11.3. The van der Waals surface area contributed by atoms with Gasteiger partial charge in [-0.05, 0) is 40.5 Å². The fourth-order valence-electron chi connectivity index (χ4n) is 3.56. The summed E-state index contributed by atoms with van der Waals surface area (Å²) >= 11 is 0. The largest absolute Gasteiger partial charge is 0.492 e. The zero-order valence-electron chi connectivity index (χ0n) is 23.8. The number of benzene rings is 1. The maximum absolute atomic E-state index is 10.2. The Balaban J connectivity index is 3.09. The predicted molar refractivity (Wildman–Crippen MR) is 151 cm³/mol. The third-order valence-electron chi connectivity index (χ3n) is 5.60. The second kappa shape index (κ2) is 17.3. The molecular formula is C32H50O4. The number of aliphatic hydroxyl groups is 2. The van der Waals surface area contributed by atoms with E-state index in [1.54, 1.807) is 27.7 Å². The van der Waals surface area contributed by atoms with Crippen molar-refractivity contribution in [1.29, 1.82) is 0 Å². The van der Waals surface area contributed by atoms with Gasteiger partial charge in [0, 0.05) is 12.1 Å². The van der Waals surface area contributed by atoms with Gasteiger partial charge in [0.25, 0.3) is 0 Å². The first-order valence-corrected chi connectivity index (χ1v) is 14.0. The molecule has 0 saturated carbocycles. The van der Waals surface area contributed by atoms with Gasteiger partial charge in [-0.1, -0.05) is 102 Å². The summed E-state index contributed by atoms with van der Waals surface area (Å²) in [6.07, 6.45) is 14.2. The van der Waals surface area contributed by atoms with Crippen LogP contribution < -0.4 is 9.47 Å². The van der Waals surface area contributed by atoms with Gasteiger partial charge in [0.05, 0.1) is 24.3 Å². The average molecular weight is 499 g/mol. The third kappa shape index (κ3) is 15.8. The van der Waals surface area contributed by atoms with E-state index in [4.69, 9.17) is 9.47 Å². The summed E-state index contributed by atoms with van der Waals surface area (Å²) in [4.78, 5) is 0. The van der Waals surface area contributed by atoms with Gasteiger partial charge in [0.15, 0.2) is 0 Å². The highest BCUT2D eigenvalue weighted by Gasteiger charge is 2.14. The summed E-state index contributed by atoms with van der Waals surface area (Å²) < 4.78 is 12.3. The second-order valence-electron chi connectivity index (χ2n) is 10.7. The van der Waals surface area contributed by atoms with E-state index in [1.165, 1.54) is 51.4 Å². The van der Waals surface area contributed by atoms with Crippen molar-refractivity contribution >= 4 is 0 Å². The molecule has 4 heteroatoms. The van der Waals surface area contributed by atoms with Crippen molar-refractivity contribution in [2.75, 3.05) is 13.2 Å². The van der Waals surface area contributed by atoms with Crippen LogP contribution in [0.25, 0.3) is 0 Å². The van der Waals surface area contributed by atoms with Gasteiger partial charge in [-0.15, -0.1) is 0 Å². The molecule has 0 aliphatic carbocycles. The zero-order chi connectivity index (χ0) is 26.9. The molecule has 0 radical (unpaired) electrons. The van der Waals surface area contributed by atoms with E-state index in [1.807, 2.05) is 12.1 Å². The smallest absolute Gasteiger partial charge is 0.136 e. The van der Waals surface area contributed by atoms with Gasteiger partial charge in [-0.3, -0.25) is 0 Å². The lowest BCUT2D eigenvalue weighted by molar-refractivity contribution is 0.143. The van der Waals surface area contributed by atoms with Gasteiger partial charge < -0.3 is 19.7 Å². The molecule has 0 spiro atoms. The van der Waals surface area contributed by atoms with Crippen LogP contribution in [-0.4, -0.2) is 34.6 Å². The first kappa shape index (κ1) is 31.9. The molecule has 1 aromatic rings. The maximum Gasteiger partial charge on any atom is 0.136 e. The Morgan fingerprint density at radius 1 is 0.583 bits per heavy atom. The van der Waals surface area contributed by atoms with E-state index in [2.05, 4.69) is 37.5 Å². The highest BCUT2D eigenvalue weighted by molar-refractivity contribution is 5.59. The molecule has 0 aliphatic rings. The van der Waals surface area contributed by atoms with E-state index in [0.717, 1.165) is 25.7 Å². The Morgan fingerprint density at radius 3 is 1.25 bits per heavy atom. The van der Waals surface area contributed by atoms with E-state index >= 15 is 0 Å². The lowest BCUT2D eigenvalue weighted by Gasteiger charge is -2.15. The fraction of sp³-hybridized carbons (Fsp3) is 0.688. The molecule has 2 N–H and O–H groups in total. The minimum atomic E-state index is -1.12. The van der Waals surface area contributed by atoms with Crippen LogP contribution in [0.2, 0.25) is 0 Å². The lowest BCUT2D eigenvalue weighted by atomic mass is 10.0. The van der Waals surface area contributed by atoms with Crippen molar-refractivity contribution in [1.82, 2.24) is 0 Å². The van der Waals surface area contributed by atoms with Crippen LogP contribution in [-0.2, 0) is 0 Å². The van der Waals surface area contributed by atoms with Gasteiger partial charge in [0.1, 0.15) is 22.7 Å². The quantitative estimate of drug-likeness (QED) is 0.184. The van der Waals surface area contributed by atoms with Crippen LogP contribution in [0, 0.1) is 23.7 Å². The highest BCUT2D eigenvalue weighted by atomic mass is 16.5. The number of ether oxygens (including phenoxy) is 2. The topological polar surface area (TPSA) is 58.9 Å². The van der Waals surface area contributed by atoms with E-state index in [0.29, 0.717) is 35.8 Å². The molecule has 0 aromatic heterocycles. The Labute approximate surface area is 221 Å². The zero-order valence-corrected chi connectivity index (χ0v) is 23.8. The first-order valence-electron chi connectivity index (χ1n) is 14.0. The molecule has 4 nitrogen and oxygen atoms in total. The van der Waals surface area contributed by atoms with Gasteiger partial charge in [-0.25, -0.2) is 0 Å². The molecular weight excluding hydrogens is 448 g/mol. The summed E-state index contributed by atoms with van der Waals surface area (Å²) in [7, 11) is 0. The minimum absolute atomic E-state index is 0.597. The van der Waals surface area contributed by atoms with E-state index in [-0.39, 0.29) is 0 Å². The standard InChI is InChI=1S/C32H50O4/c1-7-9-11-13-15-17-23-35-29-25-28(20-22-32(5,6)34)30(26-27(29)19-21-31(3,4)33)36-24-18-16-14-12-10-8-2/h25-26,33-34H,7-18,23-24H2,1-6H3. The van der Waals surface area contributed by atoms with Crippen molar-refractivity contribution in [2.24, 2.45) is 0 Å². The maximum atomic E-state index is 10.2. The Morgan fingerprint density at radius 2 is 0.917 bits per heavy atom. The summed E-state index contributed by atoms with van der Waals surface area (Å²) in [6.45, 7) is 12.3. The van der Waals surface area contributed by atoms with E-state index in [9.17, 15) is 10.2 Å². The number of unbranched alkanes of at least 4 members (excludes halogenated alkanes) is 10. The van der Waals surface area contributed by atoms with Crippen molar-refractivity contribution < 1.29 is 19.7 Å². The predicted octanol–water partition coefficient (Wildman–Crippen LogP) is 7.41. The minimum Gasteiger partial charge on any atom is -0.492 e. The molecule has 0 amide bonds. The van der Waals surface area contributed by atoms with Crippen molar-refractivity contribution in [2.45, 2.75) is 130 Å². The SMILES string of the molecule is CCCCCCCCOc1cc(C#CC(C)(C)O)c(OCCCCCCCC)cc1C#CC(C)(C)O. The Kier molecular flexibility index (Phi) is 15.4. The summed E-state index contributed by atoms with van der Waals surface area (Å²) in [5, 5.41) is 20.3. The molecule has 0 atom stereocenters. The highest BCUT2D eigenvalue weighted by Crippen LogP contribution is 2.29. The number of hydrogen-bond acceptors (Lipinski definition) is 4. The molecule has 0 bridgehead atoms. The van der Waals surface area contributed by atoms with Crippen LogP contribution in [0.3, 0.4) is 0 Å².